The number of hydrogen-bond donors (Lipinski definition) is 0. The van der Waals surface area contributed by atoms with E-state index in [2.05, 4.69) is 0 Å². The summed E-state index contributed by atoms with van der Waals surface area (Å²) in [5.74, 6) is 0.715. The number of rotatable bonds is 4. The molecular weight excluding hydrogens is 266 g/mol. The van der Waals surface area contributed by atoms with E-state index >= 15 is 0 Å². The van der Waals surface area contributed by atoms with Crippen LogP contribution in [0.1, 0.15) is 11.1 Å². The van der Waals surface area contributed by atoms with Gasteiger partial charge in [-0.3, -0.25) is 10.1 Å². The number of nitrogens with zero attached hydrogens (tertiary/aromatic N) is 1. The lowest BCUT2D eigenvalue weighted by Crippen LogP contribution is -2.01. The van der Waals surface area contributed by atoms with Crippen molar-refractivity contribution in [3.63, 3.8) is 0 Å². The Labute approximate surface area is 115 Å². The Kier molecular flexibility index (Phi) is 4.02. The molecule has 2 aromatic rings. The van der Waals surface area contributed by atoms with Crippen LogP contribution < -0.4 is 4.74 Å². The molecule has 0 aromatic heterocycles. The molecule has 2 aromatic carbocycles. The maximum Gasteiger partial charge on any atom is 0.277 e. The van der Waals surface area contributed by atoms with E-state index in [1.54, 1.807) is 12.1 Å². The van der Waals surface area contributed by atoms with Crippen LogP contribution in [0.4, 0.5) is 5.69 Å². The molecule has 5 heteroatoms. The van der Waals surface area contributed by atoms with Crippen molar-refractivity contribution in [2.75, 3.05) is 0 Å². The van der Waals surface area contributed by atoms with Crippen molar-refractivity contribution < 1.29 is 9.66 Å². The predicted molar refractivity (Wildman–Crippen MR) is 73.6 cm³/mol. The lowest BCUT2D eigenvalue weighted by molar-refractivity contribution is -0.385. The van der Waals surface area contributed by atoms with Crippen molar-refractivity contribution in [1.29, 1.82) is 0 Å². The molecule has 0 atom stereocenters. The molecule has 19 heavy (non-hydrogen) atoms. The highest BCUT2D eigenvalue weighted by molar-refractivity contribution is 6.30. The van der Waals surface area contributed by atoms with Crippen LogP contribution in [0.25, 0.3) is 0 Å². The van der Waals surface area contributed by atoms with Crippen molar-refractivity contribution in [3.05, 3.63) is 68.7 Å². The van der Waals surface area contributed by atoms with Crippen molar-refractivity contribution in [2.24, 2.45) is 0 Å². The Morgan fingerprint density at radius 1 is 1.26 bits per heavy atom. The van der Waals surface area contributed by atoms with E-state index in [9.17, 15) is 10.1 Å². The summed E-state index contributed by atoms with van der Waals surface area (Å²) >= 11 is 5.76. The summed E-state index contributed by atoms with van der Waals surface area (Å²) in [6, 6.07) is 12.1. The second kappa shape index (κ2) is 5.71. The molecule has 0 bridgehead atoms. The summed E-state index contributed by atoms with van der Waals surface area (Å²) in [5.41, 5.74) is 1.46. The van der Waals surface area contributed by atoms with E-state index in [4.69, 9.17) is 16.3 Å². The van der Waals surface area contributed by atoms with Gasteiger partial charge in [-0.1, -0.05) is 29.8 Å². The molecule has 0 aliphatic rings. The normalized spacial score (nSPS) is 10.2. The first-order valence-corrected chi connectivity index (χ1v) is 6.07. The van der Waals surface area contributed by atoms with Gasteiger partial charge in [0.25, 0.3) is 5.69 Å². The third kappa shape index (κ3) is 3.23. The fourth-order valence-electron chi connectivity index (χ4n) is 1.70. The zero-order valence-electron chi connectivity index (χ0n) is 10.3. The monoisotopic (exact) mass is 277 g/mol. The molecule has 0 heterocycles. The van der Waals surface area contributed by atoms with Gasteiger partial charge in [-0.2, -0.15) is 0 Å². The summed E-state index contributed by atoms with van der Waals surface area (Å²) in [6.07, 6.45) is 0. The summed E-state index contributed by atoms with van der Waals surface area (Å²) in [5, 5.41) is 11.3. The topological polar surface area (TPSA) is 52.4 Å². The minimum Gasteiger partial charge on any atom is -0.488 e. The molecule has 0 aliphatic heterocycles. The quantitative estimate of drug-likeness (QED) is 0.623. The number of halogens is 1. The van der Waals surface area contributed by atoms with Crippen LogP contribution in [-0.2, 0) is 6.61 Å². The fourth-order valence-corrected chi connectivity index (χ4v) is 1.87. The highest BCUT2D eigenvalue weighted by Gasteiger charge is 2.14. The zero-order chi connectivity index (χ0) is 13.8. The maximum atomic E-state index is 10.9. The third-order valence-corrected chi connectivity index (χ3v) is 2.96. The van der Waals surface area contributed by atoms with Gasteiger partial charge in [0.15, 0.2) is 0 Å². The molecule has 0 fully saturated rings. The number of nitro benzene ring substituents is 1. The molecule has 0 N–H and O–H groups in total. The maximum absolute atomic E-state index is 10.9. The molecule has 2 rings (SSSR count). The Hall–Kier alpha value is -2.07. The van der Waals surface area contributed by atoms with Gasteiger partial charge in [0.05, 0.1) is 10.5 Å². The first kappa shape index (κ1) is 13.4. The van der Waals surface area contributed by atoms with Crippen LogP contribution in [0.5, 0.6) is 5.75 Å². The fraction of sp³-hybridized carbons (Fsp3) is 0.143. The summed E-state index contributed by atoms with van der Waals surface area (Å²) in [4.78, 5) is 10.5. The number of benzene rings is 2. The van der Waals surface area contributed by atoms with Crippen LogP contribution >= 0.6 is 11.6 Å². The highest BCUT2D eigenvalue weighted by atomic mass is 35.5. The molecule has 0 saturated carbocycles. The Morgan fingerprint density at radius 3 is 2.68 bits per heavy atom. The van der Waals surface area contributed by atoms with E-state index in [0.29, 0.717) is 16.3 Å². The van der Waals surface area contributed by atoms with Gasteiger partial charge in [-0.05, 0) is 30.7 Å². The molecule has 0 aliphatic carbocycles. The Bertz CT molecular complexity index is 613. The van der Waals surface area contributed by atoms with Gasteiger partial charge in [0.1, 0.15) is 12.4 Å². The first-order valence-electron chi connectivity index (χ1n) is 5.69. The first-order chi connectivity index (χ1) is 9.08. The number of para-hydroxylation sites is 1. The van der Waals surface area contributed by atoms with E-state index in [-0.39, 0.29) is 12.3 Å². The molecule has 0 amide bonds. The van der Waals surface area contributed by atoms with E-state index in [1.165, 1.54) is 6.07 Å². The third-order valence-electron chi connectivity index (χ3n) is 2.72. The van der Waals surface area contributed by atoms with Crippen LogP contribution in [0, 0.1) is 17.0 Å². The average Bonchev–Trinajstić information content (AvgIpc) is 2.38. The van der Waals surface area contributed by atoms with E-state index < -0.39 is 4.92 Å². The summed E-state index contributed by atoms with van der Waals surface area (Å²) in [7, 11) is 0. The number of ether oxygens (including phenoxy) is 1. The van der Waals surface area contributed by atoms with E-state index in [0.717, 1.165) is 5.56 Å². The smallest absolute Gasteiger partial charge is 0.277 e. The van der Waals surface area contributed by atoms with Gasteiger partial charge in [-0.15, -0.1) is 0 Å². The standard InChI is InChI=1S/C14H12ClNO3/c1-10-4-2-3-5-14(10)19-9-11-6-7-12(15)8-13(11)16(17)18/h2-8H,9H2,1H3. The van der Waals surface area contributed by atoms with Crippen LogP contribution in [0.2, 0.25) is 5.02 Å². The van der Waals surface area contributed by atoms with Crippen molar-refractivity contribution in [3.8, 4) is 5.75 Å². The summed E-state index contributed by atoms with van der Waals surface area (Å²) in [6.45, 7) is 2.06. The lowest BCUT2D eigenvalue weighted by Gasteiger charge is -2.09. The molecule has 0 radical (unpaired) electrons. The second-order valence-electron chi connectivity index (χ2n) is 4.08. The average molecular weight is 278 g/mol. The predicted octanol–water partition coefficient (Wildman–Crippen LogP) is 4.14. The van der Waals surface area contributed by atoms with Crippen molar-refractivity contribution in [2.45, 2.75) is 13.5 Å². The number of nitro groups is 1. The van der Waals surface area contributed by atoms with Gasteiger partial charge in [-0.25, -0.2) is 0 Å². The van der Waals surface area contributed by atoms with Crippen LogP contribution in [0.3, 0.4) is 0 Å². The molecule has 98 valence electrons. The van der Waals surface area contributed by atoms with Crippen molar-refractivity contribution in [1.82, 2.24) is 0 Å². The molecule has 0 saturated heterocycles. The van der Waals surface area contributed by atoms with Gasteiger partial charge < -0.3 is 4.74 Å². The number of hydrogen-bond acceptors (Lipinski definition) is 3. The minimum atomic E-state index is -0.456. The molecule has 0 spiro atoms. The SMILES string of the molecule is Cc1ccccc1OCc1ccc(Cl)cc1[N+](=O)[O-]. The van der Waals surface area contributed by atoms with E-state index in [1.807, 2.05) is 31.2 Å². The van der Waals surface area contributed by atoms with Crippen LogP contribution in [-0.4, -0.2) is 4.92 Å². The molecule has 0 unspecified atom stereocenters. The molecular formula is C14H12ClNO3. The Morgan fingerprint density at radius 2 is 2.00 bits per heavy atom. The highest BCUT2D eigenvalue weighted by Crippen LogP contribution is 2.25. The largest absolute Gasteiger partial charge is 0.488 e. The van der Waals surface area contributed by atoms with Crippen molar-refractivity contribution >= 4 is 17.3 Å². The van der Waals surface area contributed by atoms with Gasteiger partial charge in [0.2, 0.25) is 0 Å². The Balaban J connectivity index is 2.20. The van der Waals surface area contributed by atoms with Gasteiger partial charge >= 0.3 is 0 Å². The summed E-state index contributed by atoms with van der Waals surface area (Å²) < 4.78 is 5.61. The van der Waals surface area contributed by atoms with Gasteiger partial charge in [0, 0.05) is 11.1 Å². The second-order valence-corrected chi connectivity index (χ2v) is 4.52. The van der Waals surface area contributed by atoms with Crippen LogP contribution in [0.15, 0.2) is 42.5 Å². The lowest BCUT2D eigenvalue weighted by atomic mass is 10.2. The zero-order valence-corrected chi connectivity index (χ0v) is 11.1. The number of aryl methyl sites for hydroxylation is 1. The molecule has 4 nitrogen and oxygen atoms in total. The minimum absolute atomic E-state index is 0.0268.